The van der Waals surface area contributed by atoms with Gasteiger partial charge in [-0.1, -0.05) is 51.9 Å². The van der Waals surface area contributed by atoms with Crippen LogP contribution in [0.5, 0.6) is 0 Å². The summed E-state index contributed by atoms with van der Waals surface area (Å²) in [7, 11) is 0. The van der Waals surface area contributed by atoms with E-state index in [4.69, 9.17) is 11.6 Å². The Bertz CT molecular complexity index is 361. The Hall–Kier alpha value is -0.350. The van der Waals surface area contributed by atoms with E-state index in [0.29, 0.717) is 0 Å². The van der Waals surface area contributed by atoms with Gasteiger partial charge in [-0.25, -0.2) is 4.98 Å². The second kappa shape index (κ2) is 10.4. The number of rotatable bonds is 10. The lowest BCUT2D eigenvalue weighted by molar-refractivity contribution is 0.581. The Morgan fingerprint density at radius 3 is 2.42 bits per heavy atom. The van der Waals surface area contributed by atoms with E-state index in [9.17, 15) is 0 Å². The molecule has 0 aliphatic rings. The Balaban J connectivity index is 2.03. The Morgan fingerprint density at radius 2 is 1.74 bits per heavy atom. The predicted octanol–water partition coefficient (Wildman–Crippen LogP) is 5.45. The minimum Gasteiger partial charge on any atom is -0.369 e. The first-order valence-corrected chi connectivity index (χ1v) is 8.33. The van der Waals surface area contributed by atoms with Gasteiger partial charge in [0.25, 0.3) is 0 Å². The zero-order valence-electron chi connectivity index (χ0n) is 11.6. The molecule has 0 bridgehead atoms. The molecule has 0 spiro atoms. The molecule has 0 atom stereocenters. The number of nitrogens with zero attached hydrogens (tertiary/aromatic N) is 2. The van der Waals surface area contributed by atoms with Crippen molar-refractivity contribution < 1.29 is 0 Å². The highest BCUT2D eigenvalue weighted by Gasteiger charge is 2.02. The number of anilines is 1. The van der Waals surface area contributed by atoms with E-state index < -0.39 is 0 Å². The van der Waals surface area contributed by atoms with Gasteiger partial charge in [0, 0.05) is 12.7 Å². The van der Waals surface area contributed by atoms with Gasteiger partial charge in [0.2, 0.25) is 5.28 Å². The van der Waals surface area contributed by atoms with Crippen LogP contribution in [-0.4, -0.2) is 16.5 Å². The third-order valence-electron chi connectivity index (χ3n) is 3.04. The molecule has 0 aromatic carbocycles. The lowest BCUT2D eigenvalue weighted by atomic mass is 10.1. The van der Waals surface area contributed by atoms with Gasteiger partial charge in [-0.3, -0.25) is 0 Å². The van der Waals surface area contributed by atoms with Gasteiger partial charge >= 0.3 is 0 Å². The van der Waals surface area contributed by atoms with Gasteiger partial charge in [0.05, 0.1) is 4.47 Å². The molecule has 0 amide bonds. The third-order valence-corrected chi connectivity index (χ3v) is 3.80. The van der Waals surface area contributed by atoms with E-state index in [1.54, 1.807) is 6.20 Å². The van der Waals surface area contributed by atoms with E-state index >= 15 is 0 Å². The maximum Gasteiger partial charge on any atom is 0.224 e. The summed E-state index contributed by atoms with van der Waals surface area (Å²) in [6, 6.07) is 0. The number of aromatic nitrogens is 2. The summed E-state index contributed by atoms with van der Waals surface area (Å²) in [5.74, 6) is 0.781. The zero-order valence-corrected chi connectivity index (χ0v) is 13.9. The van der Waals surface area contributed by atoms with Crippen molar-refractivity contribution in [1.29, 1.82) is 0 Å². The second-order valence-electron chi connectivity index (χ2n) is 4.74. The first-order valence-electron chi connectivity index (χ1n) is 7.16. The molecule has 1 heterocycles. The molecular weight excluding hydrogens is 326 g/mol. The van der Waals surface area contributed by atoms with Crippen LogP contribution in [0.3, 0.4) is 0 Å². The van der Waals surface area contributed by atoms with Crippen LogP contribution in [0.25, 0.3) is 0 Å². The van der Waals surface area contributed by atoms with Gasteiger partial charge in [-0.15, -0.1) is 0 Å². The fourth-order valence-corrected chi connectivity index (χ4v) is 2.40. The summed E-state index contributed by atoms with van der Waals surface area (Å²) in [5.41, 5.74) is 0. The second-order valence-corrected chi connectivity index (χ2v) is 5.93. The highest BCUT2D eigenvalue weighted by atomic mass is 79.9. The molecule has 0 aliphatic heterocycles. The van der Waals surface area contributed by atoms with Crippen molar-refractivity contribution in [3.63, 3.8) is 0 Å². The van der Waals surface area contributed by atoms with Crippen molar-refractivity contribution in [1.82, 2.24) is 9.97 Å². The SMILES string of the molecule is CCCCCCCCCCNc1nc(Cl)ncc1Br. The highest BCUT2D eigenvalue weighted by molar-refractivity contribution is 9.10. The Morgan fingerprint density at radius 1 is 1.11 bits per heavy atom. The van der Waals surface area contributed by atoms with E-state index in [0.717, 1.165) is 16.8 Å². The van der Waals surface area contributed by atoms with E-state index in [1.807, 2.05) is 0 Å². The van der Waals surface area contributed by atoms with Crippen molar-refractivity contribution >= 4 is 33.3 Å². The van der Waals surface area contributed by atoms with Crippen LogP contribution < -0.4 is 5.32 Å². The van der Waals surface area contributed by atoms with Crippen molar-refractivity contribution in [2.45, 2.75) is 58.3 Å². The minimum absolute atomic E-state index is 0.279. The number of hydrogen-bond donors (Lipinski definition) is 1. The first-order chi connectivity index (χ1) is 9.24. The normalized spacial score (nSPS) is 10.7. The quantitative estimate of drug-likeness (QED) is 0.451. The summed E-state index contributed by atoms with van der Waals surface area (Å²) < 4.78 is 0.858. The molecule has 1 rings (SSSR count). The average Bonchev–Trinajstić information content (AvgIpc) is 2.40. The highest BCUT2D eigenvalue weighted by Crippen LogP contribution is 2.20. The number of unbranched alkanes of at least 4 members (excludes halogenated alkanes) is 7. The maximum atomic E-state index is 5.76. The standard InChI is InChI=1S/C14H23BrClN3/c1-2-3-4-5-6-7-8-9-10-17-13-12(15)11-18-14(16)19-13/h11H,2-10H2,1H3,(H,17,18,19). The van der Waals surface area contributed by atoms with Gasteiger partial charge in [-0.2, -0.15) is 4.98 Å². The number of halogens is 2. The number of hydrogen-bond acceptors (Lipinski definition) is 3. The van der Waals surface area contributed by atoms with Crippen LogP contribution in [0, 0.1) is 0 Å². The largest absolute Gasteiger partial charge is 0.369 e. The van der Waals surface area contributed by atoms with Crippen LogP contribution in [0.4, 0.5) is 5.82 Å². The molecule has 0 saturated heterocycles. The molecule has 1 N–H and O–H groups in total. The van der Waals surface area contributed by atoms with Crippen molar-refractivity contribution in [2.75, 3.05) is 11.9 Å². The molecule has 0 radical (unpaired) electrons. The van der Waals surface area contributed by atoms with Crippen molar-refractivity contribution in [3.8, 4) is 0 Å². The summed E-state index contributed by atoms with van der Waals surface area (Å²) in [6.45, 7) is 3.18. The zero-order chi connectivity index (χ0) is 13.9. The summed E-state index contributed by atoms with van der Waals surface area (Å²) in [6.07, 6.45) is 12.3. The molecule has 0 fully saturated rings. The molecule has 5 heteroatoms. The summed E-state index contributed by atoms with van der Waals surface area (Å²) >= 11 is 9.16. The van der Waals surface area contributed by atoms with Gasteiger partial charge in [0.1, 0.15) is 5.82 Å². The molecule has 0 aliphatic carbocycles. The Labute approximate surface area is 129 Å². The molecular formula is C14H23BrClN3. The maximum absolute atomic E-state index is 5.76. The van der Waals surface area contributed by atoms with Crippen LogP contribution in [0.2, 0.25) is 5.28 Å². The van der Waals surface area contributed by atoms with E-state index in [2.05, 4.69) is 38.1 Å². The predicted molar refractivity (Wildman–Crippen MR) is 85.8 cm³/mol. The van der Waals surface area contributed by atoms with Crippen LogP contribution in [0.15, 0.2) is 10.7 Å². The molecule has 1 aromatic rings. The van der Waals surface area contributed by atoms with Gasteiger partial charge in [-0.05, 0) is 34.0 Å². The summed E-state index contributed by atoms with van der Waals surface area (Å²) in [5, 5.41) is 3.56. The van der Waals surface area contributed by atoms with E-state index in [-0.39, 0.29) is 5.28 Å². The molecule has 0 saturated carbocycles. The molecule has 0 unspecified atom stereocenters. The van der Waals surface area contributed by atoms with Gasteiger partial charge in [0.15, 0.2) is 0 Å². The fourth-order valence-electron chi connectivity index (χ4n) is 1.94. The first kappa shape index (κ1) is 16.7. The van der Waals surface area contributed by atoms with Crippen molar-refractivity contribution in [2.24, 2.45) is 0 Å². The molecule has 3 nitrogen and oxygen atoms in total. The summed E-state index contributed by atoms with van der Waals surface area (Å²) in [4.78, 5) is 8.04. The van der Waals surface area contributed by atoms with E-state index in [1.165, 1.54) is 51.4 Å². The molecule has 19 heavy (non-hydrogen) atoms. The lowest BCUT2D eigenvalue weighted by Crippen LogP contribution is -2.04. The smallest absolute Gasteiger partial charge is 0.224 e. The third kappa shape index (κ3) is 7.73. The fraction of sp³-hybridized carbons (Fsp3) is 0.714. The van der Waals surface area contributed by atoms with Crippen LogP contribution >= 0.6 is 27.5 Å². The minimum atomic E-state index is 0.279. The van der Waals surface area contributed by atoms with Crippen LogP contribution in [-0.2, 0) is 0 Å². The molecule has 108 valence electrons. The average molecular weight is 349 g/mol. The van der Waals surface area contributed by atoms with Crippen LogP contribution in [0.1, 0.15) is 58.3 Å². The van der Waals surface area contributed by atoms with Gasteiger partial charge < -0.3 is 5.32 Å². The lowest BCUT2D eigenvalue weighted by Gasteiger charge is -2.07. The van der Waals surface area contributed by atoms with Crippen molar-refractivity contribution in [3.05, 3.63) is 16.0 Å². The number of nitrogens with one attached hydrogen (secondary N) is 1. The molecule has 1 aromatic heterocycles. The monoisotopic (exact) mass is 347 g/mol. The Kier molecular flexibility index (Phi) is 9.18. The topological polar surface area (TPSA) is 37.8 Å².